The molecule has 0 atom stereocenters. The van der Waals surface area contributed by atoms with Gasteiger partial charge in [0.2, 0.25) is 0 Å². The maximum absolute atomic E-state index is 12.7. The van der Waals surface area contributed by atoms with Gasteiger partial charge in [-0.1, -0.05) is 0 Å². The molecule has 1 aromatic rings. The Morgan fingerprint density at radius 3 is 2.44 bits per heavy atom. The van der Waals surface area contributed by atoms with E-state index in [9.17, 15) is 4.79 Å². The standard InChI is InChI=1S/C18H26N2O2.CH2O2/c1-13(2)19-8-7-18(10-19)11-20(12-18)17(21)16-6-5-15(22-4)9-14(16)3;2-1-3/h5-6,9,13H,7-8,10-12H2,1-4H3;1H,(H,2,3). The van der Waals surface area contributed by atoms with E-state index >= 15 is 0 Å². The number of hydrogen-bond donors (Lipinski definition) is 1. The number of carboxylic acid groups (broad SMARTS) is 1. The van der Waals surface area contributed by atoms with Crippen molar-refractivity contribution < 1.29 is 19.4 Å². The van der Waals surface area contributed by atoms with E-state index in [1.807, 2.05) is 30.0 Å². The summed E-state index contributed by atoms with van der Waals surface area (Å²) in [5.41, 5.74) is 2.13. The molecule has 1 aromatic carbocycles. The molecule has 0 radical (unpaired) electrons. The van der Waals surface area contributed by atoms with E-state index in [1.54, 1.807) is 7.11 Å². The third-order valence-electron chi connectivity index (χ3n) is 5.20. The number of hydrogen-bond acceptors (Lipinski definition) is 4. The van der Waals surface area contributed by atoms with Crippen molar-refractivity contribution in [3.05, 3.63) is 29.3 Å². The van der Waals surface area contributed by atoms with Crippen molar-refractivity contribution in [2.45, 2.75) is 33.2 Å². The van der Waals surface area contributed by atoms with Crippen LogP contribution in [0.3, 0.4) is 0 Å². The van der Waals surface area contributed by atoms with Crippen LogP contribution in [0.5, 0.6) is 5.75 Å². The van der Waals surface area contributed by atoms with Gasteiger partial charge in [-0.2, -0.15) is 0 Å². The highest BCUT2D eigenvalue weighted by Gasteiger charge is 2.49. The Morgan fingerprint density at radius 2 is 1.96 bits per heavy atom. The van der Waals surface area contributed by atoms with Crippen LogP contribution < -0.4 is 4.74 Å². The number of likely N-dealkylation sites (tertiary alicyclic amines) is 2. The van der Waals surface area contributed by atoms with Crippen LogP contribution in [0.25, 0.3) is 0 Å². The van der Waals surface area contributed by atoms with Crippen molar-refractivity contribution in [3.8, 4) is 5.75 Å². The molecule has 2 aliphatic heterocycles. The normalized spacial score (nSPS) is 18.5. The molecule has 0 bridgehead atoms. The second-order valence-electron chi connectivity index (χ2n) is 7.26. The van der Waals surface area contributed by atoms with Crippen molar-refractivity contribution >= 4 is 12.4 Å². The number of ether oxygens (including phenoxy) is 1. The molecule has 6 heteroatoms. The molecule has 25 heavy (non-hydrogen) atoms. The molecule has 0 unspecified atom stereocenters. The molecule has 1 N–H and O–H groups in total. The molecule has 0 saturated carbocycles. The van der Waals surface area contributed by atoms with Gasteiger partial charge in [0.05, 0.1) is 7.11 Å². The van der Waals surface area contributed by atoms with E-state index in [2.05, 4.69) is 18.7 Å². The number of carbonyl (C=O) groups excluding carboxylic acids is 1. The lowest BCUT2D eigenvalue weighted by molar-refractivity contribution is -0.122. The van der Waals surface area contributed by atoms with Gasteiger partial charge in [-0.15, -0.1) is 0 Å². The van der Waals surface area contributed by atoms with E-state index in [0.717, 1.165) is 36.5 Å². The van der Waals surface area contributed by atoms with Gasteiger partial charge in [0.1, 0.15) is 5.75 Å². The summed E-state index contributed by atoms with van der Waals surface area (Å²) >= 11 is 0. The van der Waals surface area contributed by atoms with Gasteiger partial charge in [0, 0.05) is 36.7 Å². The molecule has 1 amide bonds. The van der Waals surface area contributed by atoms with Crippen LogP contribution in [0.2, 0.25) is 0 Å². The van der Waals surface area contributed by atoms with E-state index in [0.29, 0.717) is 11.5 Å². The molecule has 0 aliphatic carbocycles. The summed E-state index contributed by atoms with van der Waals surface area (Å²) < 4.78 is 5.21. The van der Waals surface area contributed by atoms with Gasteiger partial charge in [-0.05, 0) is 57.5 Å². The maximum atomic E-state index is 12.7. The fraction of sp³-hybridized carbons (Fsp3) is 0.579. The second-order valence-corrected chi connectivity index (χ2v) is 7.26. The molecule has 2 aliphatic rings. The van der Waals surface area contributed by atoms with Gasteiger partial charge in [-0.3, -0.25) is 9.59 Å². The molecule has 1 spiro atoms. The summed E-state index contributed by atoms with van der Waals surface area (Å²) in [6.45, 7) is 10.3. The molecular weight excluding hydrogens is 320 g/mol. The van der Waals surface area contributed by atoms with Crippen LogP contribution in [-0.2, 0) is 4.79 Å². The average molecular weight is 348 g/mol. The monoisotopic (exact) mass is 348 g/mol. The van der Waals surface area contributed by atoms with E-state index < -0.39 is 0 Å². The zero-order valence-electron chi connectivity index (χ0n) is 15.5. The number of carbonyl (C=O) groups is 2. The van der Waals surface area contributed by atoms with Crippen molar-refractivity contribution in [2.24, 2.45) is 5.41 Å². The molecule has 2 heterocycles. The lowest BCUT2D eigenvalue weighted by Gasteiger charge is -2.48. The van der Waals surface area contributed by atoms with Crippen molar-refractivity contribution in [1.82, 2.24) is 9.80 Å². The quantitative estimate of drug-likeness (QED) is 0.849. The molecule has 2 fully saturated rings. The van der Waals surface area contributed by atoms with Crippen LogP contribution in [0.1, 0.15) is 36.2 Å². The highest BCUT2D eigenvalue weighted by molar-refractivity contribution is 5.96. The first kappa shape index (κ1) is 19.2. The van der Waals surface area contributed by atoms with E-state index in [1.165, 1.54) is 13.0 Å². The van der Waals surface area contributed by atoms with Gasteiger partial charge in [0.15, 0.2) is 0 Å². The van der Waals surface area contributed by atoms with Gasteiger partial charge >= 0.3 is 0 Å². The Hall–Kier alpha value is -2.08. The summed E-state index contributed by atoms with van der Waals surface area (Å²) in [4.78, 5) is 25.6. The first-order valence-corrected chi connectivity index (χ1v) is 8.61. The van der Waals surface area contributed by atoms with Gasteiger partial charge in [0.25, 0.3) is 12.4 Å². The third-order valence-corrected chi connectivity index (χ3v) is 5.20. The number of aryl methyl sites for hydroxylation is 1. The fourth-order valence-corrected chi connectivity index (χ4v) is 3.75. The topological polar surface area (TPSA) is 70.1 Å². The van der Waals surface area contributed by atoms with Gasteiger partial charge in [-0.25, -0.2) is 0 Å². The molecule has 2 saturated heterocycles. The van der Waals surface area contributed by atoms with Crippen LogP contribution in [0.4, 0.5) is 0 Å². The number of rotatable bonds is 3. The molecule has 138 valence electrons. The van der Waals surface area contributed by atoms with Crippen LogP contribution >= 0.6 is 0 Å². The van der Waals surface area contributed by atoms with Crippen molar-refractivity contribution in [2.75, 3.05) is 33.3 Å². The smallest absolute Gasteiger partial charge is 0.290 e. The molecule has 0 aromatic heterocycles. The summed E-state index contributed by atoms with van der Waals surface area (Å²) in [6, 6.07) is 6.29. The fourth-order valence-electron chi connectivity index (χ4n) is 3.75. The SMILES string of the molecule is COc1ccc(C(=O)N2CC3(CCN(C(C)C)C3)C2)c(C)c1.O=CO. The first-order valence-electron chi connectivity index (χ1n) is 8.61. The predicted molar refractivity (Wildman–Crippen MR) is 96.1 cm³/mol. The number of amides is 1. The summed E-state index contributed by atoms with van der Waals surface area (Å²) in [6.07, 6.45) is 1.22. The largest absolute Gasteiger partial charge is 0.497 e. The Kier molecular flexibility index (Phi) is 6.06. The molecule has 3 rings (SSSR count). The molecule has 6 nitrogen and oxygen atoms in total. The zero-order valence-corrected chi connectivity index (χ0v) is 15.5. The van der Waals surface area contributed by atoms with Crippen LogP contribution in [-0.4, -0.2) is 66.6 Å². The summed E-state index contributed by atoms with van der Waals surface area (Å²) in [7, 11) is 1.65. The zero-order chi connectivity index (χ0) is 18.6. The predicted octanol–water partition coefficient (Wildman–Crippen LogP) is 2.26. The third kappa shape index (κ3) is 4.12. The highest BCUT2D eigenvalue weighted by Crippen LogP contribution is 2.41. The van der Waals surface area contributed by atoms with E-state index in [-0.39, 0.29) is 12.4 Å². The second kappa shape index (κ2) is 7.87. The number of benzene rings is 1. The minimum absolute atomic E-state index is 0.161. The lowest BCUT2D eigenvalue weighted by atomic mass is 9.78. The minimum Gasteiger partial charge on any atom is -0.497 e. The minimum atomic E-state index is -0.250. The van der Waals surface area contributed by atoms with Crippen molar-refractivity contribution in [1.29, 1.82) is 0 Å². The number of methoxy groups -OCH3 is 1. The Morgan fingerprint density at radius 1 is 1.32 bits per heavy atom. The maximum Gasteiger partial charge on any atom is 0.290 e. The molecular formula is C19H28N2O4. The van der Waals surface area contributed by atoms with Crippen molar-refractivity contribution in [3.63, 3.8) is 0 Å². The average Bonchev–Trinajstić information content (AvgIpc) is 2.99. The Labute approximate surface area is 149 Å². The summed E-state index contributed by atoms with van der Waals surface area (Å²) in [5, 5.41) is 6.89. The van der Waals surface area contributed by atoms with E-state index in [4.69, 9.17) is 14.6 Å². The highest BCUT2D eigenvalue weighted by atomic mass is 16.5. The lowest BCUT2D eigenvalue weighted by Crippen LogP contribution is -2.59. The Balaban J connectivity index is 0.000000701. The van der Waals surface area contributed by atoms with Crippen LogP contribution in [0, 0.1) is 12.3 Å². The Bertz CT molecular complexity index is 624. The summed E-state index contributed by atoms with van der Waals surface area (Å²) in [5.74, 6) is 0.964. The number of nitrogens with zero attached hydrogens (tertiary/aromatic N) is 2. The van der Waals surface area contributed by atoms with Gasteiger partial charge < -0.3 is 19.6 Å². The first-order chi connectivity index (χ1) is 11.9. The van der Waals surface area contributed by atoms with Crippen LogP contribution in [0.15, 0.2) is 18.2 Å².